The number of carbonyl (C=O) groups excluding carboxylic acids is 1. The Bertz CT molecular complexity index is 628. The number of hydrogen-bond acceptors (Lipinski definition) is 4. The third-order valence-corrected chi connectivity index (χ3v) is 5.88. The SMILES string of the molecule is Cc1ccccc1CNC(=O)CN(C)C[C@@H]1CCS(=O)(=O)C1. The van der Waals surface area contributed by atoms with E-state index in [0.29, 0.717) is 26.1 Å². The summed E-state index contributed by atoms with van der Waals surface area (Å²) in [5.74, 6) is 0.651. The van der Waals surface area contributed by atoms with Gasteiger partial charge in [0, 0.05) is 13.1 Å². The molecule has 1 aromatic rings. The van der Waals surface area contributed by atoms with E-state index in [1.165, 1.54) is 0 Å². The molecule has 0 aliphatic carbocycles. The van der Waals surface area contributed by atoms with Gasteiger partial charge in [-0.1, -0.05) is 24.3 Å². The number of carbonyl (C=O) groups is 1. The van der Waals surface area contributed by atoms with E-state index in [-0.39, 0.29) is 23.3 Å². The van der Waals surface area contributed by atoms with Crippen LogP contribution in [0.2, 0.25) is 0 Å². The highest BCUT2D eigenvalue weighted by Gasteiger charge is 2.28. The zero-order valence-corrected chi connectivity index (χ0v) is 14.0. The summed E-state index contributed by atoms with van der Waals surface area (Å²) in [6, 6.07) is 7.96. The van der Waals surface area contributed by atoms with Gasteiger partial charge in [-0.3, -0.25) is 9.69 Å². The smallest absolute Gasteiger partial charge is 0.234 e. The normalized spacial score (nSPS) is 20.2. The van der Waals surface area contributed by atoms with E-state index in [4.69, 9.17) is 0 Å². The minimum atomic E-state index is -2.85. The van der Waals surface area contributed by atoms with E-state index in [0.717, 1.165) is 11.1 Å². The monoisotopic (exact) mass is 324 g/mol. The molecule has 0 spiro atoms. The van der Waals surface area contributed by atoms with Crippen LogP contribution in [0.15, 0.2) is 24.3 Å². The lowest BCUT2D eigenvalue weighted by atomic mass is 10.1. The number of benzene rings is 1. The highest BCUT2D eigenvalue weighted by Crippen LogP contribution is 2.18. The Hall–Kier alpha value is -1.40. The number of amides is 1. The summed E-state index contributed by atoms with van der Waals surface area (Å²) >= 11 is 0. The van der Waals surface area contributed by atoms with Crippen LogP contribution in [0.1, 0.15) is 17.5 Å². The standard InChI is InChI=1S/C16H24N2O3S/c1-13-5-3-4-6-15(13)9-17-16(19)11-18(2)10-14-7-8-22(20,21)12-14/h3-6,14H,7-12H2,1-2H3,(H,17,19)/t14-/m0/s1. The van der Waals surface area contributed by atoms with Crippen molar-refractivity contribution in [3.63, 3.8) is 0 Å². The van der Waals surface area contributed by atoms with Crippen LogP contribution in [0, 0.1) is 12.8 Å². The number of hydrogen-bond donors (Lipinski definition) is 1. The minimum Gasteiger partial charge on any atom is -0.351 e. The first-order valence-corrected chi connectivity index (χ1v) is 9.38. The highest BCUT2D eigenvalue weighted by atomic mass is 32.2. The van der Waals surface area contributed by atoms with Crippen molar-refractivity contribution < 1.29 is 13.2 Å². The molecule has 1 amide bonds. The molecule has 0 radical (unpaired) electrons. The van der Waals surface area contributed by atoms with Gasteiger partial charge >= 0.3 is 0 Å². The van der Waals surface area contributed by atoms with Crippen LogP contribution >= 0.6 is 0 Å². The van der Waals surface area contributed by atoms with Gasteiger partial charge in [0.2, 0.25) is 5.91 Å². The van der Waals surface area contributed by atoms with Crippen LogP contribution in [0.5, 0.6) is 0 Å². The summed E-state index contributed by atoms with van der Waals surface area (Å²) in [5.41, 5.74) is 2.27. The van der Waals surface area contributed by atoms with Crippen molar-refractivity contribution in [3.8, 4) is 0 Å². The first-order chi connectivity index (χ1) is 10.4. The number of likely N-dealkylation sites (N-methyl/N-ethyl adjacent to an activating group) is 1. The predicted molar refractivity (Wildman–Crippen MR) is 87.3 cm³/mol. The van der Waals surface area contributed by atoms with Gasteiger partial charge in [0.15, 0.2) is 9.84 Å². The zero-order valence-electron chi connectivity index (χ0n) is 13.2. The van der Waals surface area contributed by atoms with Crippen LogP contribution in [-0.4, -0.2) is 50.9 Å². The molecule has 1 N–H and O–H groups in total. The topological polar surface area (TPSA) is 66.5 Å². The van der Waals surface area contributed by atoms with Crippen molar-refractivity contribution in [2.75, 3.05) is 31.6 Å². The molecule has 1 heterocycles. The summed E-state index contributed by atoms with van der Waals surface area (Å²) in [6.45, 7) is 3.49. The van der Waals surface area contributed by atoms with Gasteiger partial charge in [-0.15, -0.1) is 0 Å². The van der Waals surface area contributed by atoms with Crippen LogP contribution in [-0.2, 0) is 21.2 Å². The molecule has 5 nitrogen and oxygen atoms in total. The van der Waals surface area contributed by atoms with Gasteiger partial charge in [-0.05, 0) is 37.4 Å². The Balaban J connectivity index is 1.74. The molecule has 0 bridgehead atoms. The van der Waals surface area contributed by atoms with Crippen LogP contribution in [0.4, 0.5) is 0 Å². The Kier molecular flexibility index (Phi) is 5.58. The van der Waals surface area contributed by atoms with Crippen molar-refractivity contribution >= 4 is 15.7 Å². The molecule has 2 rings (SSSR count). The lowest BCUT2D eigenvalue weighted by molar-refractivity contribution is -0.122. The van der Waals surface area contributed by atoms with Crippen LogP contribution < -0.4 is 5.32 Å². The fraction of sp³-hybridized carbons (Fsp3) is 0.562. The van der Waals surface area contributed by atoms with Gasteiger partial charge in [0.1, 0.15) is 0 Å². The maximum absolute atomic E-state index is 12.0. The average Bonchev–Trinajstić information content (AvgIpc) is 2.76. The lowest BCUT2D eigenvalue weighted by Crippen LogP contribution is -2.37. The van der Waals surface area contributed by atoms with E-state index in [1.807, 2.05) is 43.1 Å². The number of aryl methyl sites for hydroxylation is 1. The van der Waals surface area contributed by atoms with Gasteiger partial charge in [0.25, 0.3) is 0 Å². The second kappa shape index (κ2) is 7.24. The molecule has 1 saturated heterocycles. The third kappa shape index (κ3) is 5.10. The van der Waals surface area contributed by atoms with E-state index >= 15 is 0 Å². The van der Waals surface area contributed by atoms with Gasteiger partial charge in [0.05, 0.1) is 18.1 Å². The average molecular weight is 324 g/mol. The van der Waals surface area contributed by atoms with E-state index in [1.54, 1.807) is 0 Å². The number of nitrogens with one attached hydrogen (secondary N) is 1. The largest absolute Gasteiger partial charge is 0.351 e. The second-order valence-electron chi connectivity index (χ2n) is 6.17. The van der Waals surface area contributed by atoms with Gasteiger partial charge < -0.3 is 5.32 Å². The summed E-state index contributed by atoms with van der Waals surface area (Å²) in [6.07, 6.45) is 0.706. The fourth-order valence-corrected chi connectivity index (χ4v) is 4.67. The molecule has 1 atom stereocenters. The van der Waals surface area contributed by atoms with Crippen molar-refractivity contribution in [3.05, 3.63) is 35.4 Å². The first kappa shape index (κ1) is 17.0. The predicted octanol–water partition coefficient (Wildman–Crippen LogP) is 0.978. The summed E-state index contributed by atoms with van der Waals surface area (Å²) < 4.78 is 22.9. The molecular formula is C16H24N2O3S. The Morgan fingerprint density at radius 3 is 2.73 bits per heavy atom. The molecular weight excluding hydrogens is 300 g/mol. The Morgan fingerprint density at radius 1 is 1.36 bits per heavy atom. The van der Waals surface area contributed by atoms with Crippen molar-refractivity contribution in [2.24, 2.45) is 5.92 Å². The molecule has 6 heteroatoms. The fourth-order valence-electron chi connectivity index (χ4n) is 2.82. The Morgan fingerprint density at radius 2 is 2.09 bits per heavy atom. The molecule has 0 unspecified atom stereocenters. The minimum absolute atomic E-state index is 0.0355. The zero-order chi connectivity index (χ0) is 16.2. The van der Waals surface area contributed by atoms with E-state index < -0.39 is 9.84 Å². The first-order valence-electron chi connectivity index (χ1n) is 7.56. The van der Waals surface area contributed by atoms with Crippen molar-refractivity contribution in [1.82, 2.24) is 10.2 Å². The van der Waals surface area contributed by atoms with Gasteiger partial charge in [-0.2, -0.15) is 0 Å². The molecule has 22 heavy (non-hydrogen) atoms. The summed E-state index contributed by atoms with van der Waals surface area (Å²) in [4.78, 5) is 13.9. The maximum atomic E-state index is 12.0. The van der Waals surface area contributed by atoms with Crippen molar-refractivity contribution in [2.45, 2.75) is 19.9 Å². The summed E-state index contributed by atoms with van der Waals surface area (Å²) in [5, 5.41) is 2.91. The second-order valence-corrected chi connectivity index (χ2v) is 8.40. The Labute approximate surface area is 132 Å². The molecule has 0 saturated carbocycles. The highest BCUT2D eigenvalue weighted by molar-refractivity contribution is 7.91. The number of nitrogens with zero attached hydrogens (tertiary/aromatic N) is 1. The number of rotatable bonds is 6. The van der Waals surface area contributed by atoms with E-state index in [2.05, 4.69) is 5.32 Å². The van der Waals surface area contributed by atoms with Gasteiger partial charge in [-0.25, -0.2) is 8.42 Å². The van der Waals surface area contributed by atoms with Crippen molar-refractivity contribution in [1.29, 1.82) is 0 Å². The number of sulfone groups is 1. The summed E-state index contributed by atoms with van der Waals surface area (Å²) in [7, 11) is -0.988. The molecule has 122 valence electrons. The van der Waals surface area contributed by atoms with Crippen LogP contribution in [0.3, 0.4) is 0 Å². The maximum Gasteiger partial charge on any atom is 0.234 e. The van der Waals surface area contributed by atoms with Crippen LogP contribution in [0.25, 0.3) is 0 Å². The lowest BCUT2D eigenvalue weighted by Gasteiger charge is -2.19. The molecule has 0 aromatic heterocycles. The third-order valence-electron chi connectivity index (χ3n) is 4.05. The van der Waals surface area contributed by atoms with E-state index in [9.17, 15) is 13.2 Å². The molecule has 1 aromatic carbocycles. The molecule has 1 fully saturated rings. The quantitative estimate of drug-likeness (QED) is 0.847. The molecule has 1 aliphatic heterocycles. The molecule has 1 aliphatic rings.